The summed E-state index contributed by atoms with van der Waals surface area (Å²) in [6.45, 7) is 6.81. The lowest BCUT2D eigenvalue weighted by Crippen LogP contribution is -2.87. The lowest BCUT2D eigenvalue weighted by atomic mass is 10.0. The number of amides is 1. The highest BCUT2D eigenvalue weighted by molar-refractivity contribution is 7.10. The third-order valence-electron chi connectivity index (χ3n) is 5.40. The summed E-state index contributed by atoms with van der Waals surface area (Å²) in [7, 11) is 0. The number of hydrogen-bond donors (Lipinski definition) is 2. The monoisotopic (exact) mass is 407 g/mol. The molecule has 0 aliphatic carbocycles. The van der Waals surface area contributed by atoms with E-state index in [1.807, 2.05) is 0 Å². The Bertz CT molecular complexity index is 894. The van der Waals surface area contributed by atoms with E-state index in [0.29, 0.717) is 6.54 Å². The summed E-state index contributed by atoms with van der Waals surface area (Å²) >= 11 is 1.74. The maximum atomic E-state index is 12.8. The van der Waals surface area contributed by atoms with Crippen molar-refractivity contribution in [3.05, 3.63) is 87.1 Å². The van der Waals surface area contributed by atoms with Crippen molar-refractivity contribution in [2.45, 2.75) is 46.1 Å². The van der Waals surface area contributed by atoms with E-state index < -0.39 is 0 Å². The molecule has 0 fully saturated rings. The van der Waals surface area contributed by atoms with Gasteiger partial charge in [0.15, 0.2) is 6.54 Å². The molecule has 0 radical (unpaired) electrons. The van der Waals surface area contributed by atoms with Gasteiger partial charge < -0.3 is 10.6 Å². The molecular formula is C25H31N2OS+. The summed E-state index contributed by atoms with van der Waals surface area (Å²) in [6.07, 6.45) is 2.86. The van der Waals surface area contributed by atoms with E-state index in [1.165, 1.54) is 27.1 Å². The van der Waals surface area contributed by atoms with Gasteiger partial charge in [-0.2, -0.15) is 0 Å². The van der Waals surface area contributed by atoms with Gasteiger partial charge in [-0.1, -0.05) is 69.3 Å². The second-order valence-electron chi connectivity index (χ2n) is 7.23. The molecule has 1 heterocycles. The van der Waals surface area contributed by atoms with Gasteiger partial charge in [0.05, 0.1) is 4.88 Å². The third kappa shape index (κ3) is 5.34. The average molecular weight is 408 g/mol. The second-order valence-corrected chi connectivity index (χ2v) is 8.21. The molecule has 3 N–H and O–H groups in total. The smallest absolute Gasteiger partial charge is 0.279 e. The van der Waals surface area contributed by atoms with Crippen LogP contribution in [0.25, 0.3) is 0 Å². The summed E-state index contributed by atoms with van der Waals surface area (Å²) in [6, 6.07) is 19.4. The third-order valence-corrected chi connectivity index (χ3v) is 6.35. The Morgan fingerprint density at radius 3 is 2.17 bits per heavy atom. The van der Waals surface area contributed by atoms with Gasteiger partial charge in [0.25, 0.3) is 5.91 Å². The van der Waals surface area contributed by atoms with E-state index in [9.17, 15) is 4.79 Å². The van der Waals surface area contributed by atoms with Crippen LogP contribution in [0, 0.1) is 0 Å². The molecule has 152 valence electrons. The highest BCUT2D eigenvalue weighted by Crippen LogP contribution is 2.24. The molecule has 0 aliphatic heterocycles. The summed E-state index contributed by atoms with van der Waals surface area (Å²) in [4.78, 5) is 14.1. The topological polar surface area (TPSA) is 45.7 Å². The molecule has 3 nitrogen and oxygen atoms in total. The van der Waals surface area contributed by atoms with Gasteiger partial charge in [0.2, 0.25) is 0 Å². The van der Waals surface area contributed by atoms with Crippen LogP contribution in [0.3, 0.4) is 0 Å². The first-order valence-electron chi connectivity index (χ1n) is 10.5. The molecular weight excluding hydrogens is 376 g/mol. The van der Waals surface area contributed by atoms with Crippen LogP contribution in [-0.2, 0) is 24.1 Å². The zero-order valence-corrected chi connectivity index (χ0v) is 18.4. The van der Waals surface area contributed by atoms with Crippen LogP contribution in [0.1, 0.15) is 53.9 Å². The lowest BCUT2D eigenvalue weighted by molar-refractivity contribution is -0.675. The molecule has 0 spiro atoms. The van der Waals surface area contributed by atoms with Gasteiger partial charge in [-0.25, -0.2) is 0 Å². The van der Waals surface area contributed by atoms with Crippen molar-refractivity contribution < 1.29 is 10.1 Å². The molecule has 1 aromatic heterocycles. The molecule has 0 saturated carbocycles. The normalized spacial score (nSPS) is 12.0. The minimum Gasteiger partial charge on any atom is -0.328 e. The van der Waals surface area contributed by atoms with Gasteiger partial charge in [0, 0.05) is 11.3 Å². The van der Waals surface area contributed by atoms with Crippen molar-refractivity contribution in [1.29, 1.82) is 0 Å². The Hall–Kier alpha value is -2.43. The first kappa shape index (κ1) is 21.3. The predicted molar refractivity (Wildman–Crippen MR) is 123 cm³/mol. The van der Waals surface area contributed by atoms with E-state index in [2.05, 4.69) is 91.4 Å². The van der Waals surface area contributed by atoms with E-state index in [-0.39, 0.29) is 11.9 Å². The second kappa shape index (κ2) is 10.4. The summed E-state index contributed by atoms with van der Waals surface area (Å²) in [5.74, 6) is 0.0485. The number of quaternary nitrogens is 1. The fourth-order valence-electron chi connectivity index (χ4n) is 3.66. The Balaban J connectivity index is 1.74. The SMILES string of the molecule is CCc1ccc([C@H]([NH2+]CC(=O)Nc2c(CC)cccc2CC)c2cccs2)cc1. The first-order chi connectivity index (χ1) is 14.2. The zero-order valence-electron chi connectivity index (χ0n) is 17.6. The van der Waals surface area contributed by atoms with E-state index in [4.69, 9.17) is 0 Å². The van der Waals surface area contributed by atoms with Crippen LogP contribution in [-0.4, -0.2) is 12.5 Å². The molecule has 4 heteroatoms. The van der Waals surface area contributed by atoms with Gasteiger partial charge in [-0.3, -0.25) is 4.79 Å². The molecule has 1 atom stereocenters. The van der Waals surface area contributed by atoms with Gasteiger partial charge in [-0.15, -0.1) is 11.3 Å². The summed E-state index contributed by atoms with van der Waals surface area (Å²) in [5, 5.41) is 7.42. The van der Waals surface area contributed by atoms with Gasteiger partial charge in [0.1, 0.15) is 6.04 Å². The molecule has 3 aromatic rings. The summed E-state index contributed by atoms with van der Waals surface area (Å²) in [5.41, 5.74) is 5.96. The number of anilines is 1. The van der Waals surface area contributed by atoms with Crippen molar-refractivity contribution in [3.63, 3.8) is 0 Å². The highest BCUT2D eigenvalue weighted by atomic mass is 32.1. The van der Waals surface area contributed by atoms with E-state index >= 15 is 0 Å². The lowest BCUT2D eigenvalue weighted by Gasteiger charge is -2.17. The van der Waals surface area contributed by atoms with E-state index in [1.54, 1.807) is 11.3 Å². The number of para-hydroxylation sites is 1. The Labute approximate surface area is 178 Å². The molecule has 0 unspecified atom stereocenters. The predicted octanol–water partition coefficient (Wildman–Crippen LogP) is 4.73. The fraction of sp³-hybridized carbons (Fsp3) is 0.320. The number of benzene rings is 2. The quantitative estimate of drug-likeness (QED) is 0.529. The number of hydrogen-bond acceptors (Lipinski definition) is 2. The number of carbonyl (C=O) groups excluding carboxylic acids is 1. The number of carbonyl (C=O) groups is 1. The molecule has 0 saturated heterocycles. The van der Waals surface area contributed by atoms with E-state index in [0.717, 1.165) is 24.9 Å². The van der Waals surface area contributed by atoms with Gasteiger partial charge in [-0.05, 0) is 47.4 Å². The minimum absolute atomic E-state index is 0.0485. The highest BCUT2D eigenvalue weighted by Gasteiger charge is 2.20. The van der Waals surface area contributed by atoms with Crippen molar-refractivity contribution in [2.75, 3.05) is 11.9 Å². The Morgan fingerprint density at radius 1 is 0.931 bits per heavy atom. The fourth-order valence-corrected chi connectivity index (χ4v) is 4.51. The van der Waals surface area contributed by atoms with Crippen molar-refractivity contribution in [3.8, 4) is 0 Å². The number of nitrogens with one attached hydrogen (secondary N) is 1. The number of rotatable bonds is 9. The summed E-state index contributed by atoms with van der Waals surface area (Å²) < 4.78 is 0. The zero-order chi connectivity index (χ0) is 20.6. The Morgan fingerprint density at radius 2 is 1.62 bits per heavy atom. The van der Waals surface area contributed by atoms with Crippen LogP contribution in [0.4, 0.5) is 5.69 Å². The van der Waals surface area contributed by atoms with Crippen LogP contribution >= 0.6 is 11.3 Å². The molecule has 2 aromatic carbocycles. The Kier molecular flexibility index (Phi) is 7.62. The number of aryl methyl sites for hydroxylation is 3. The number of nitrogens with two attached hydrogens (primary N) is 1. The van der Waals surface area contributed by atoms with Gasteiger partial charge >= 0.3 is 0 Å². The maximum Gasteiger partial charge on any atom is 0.279 e. The molecule has 1 amide bonds. The largest absolute Gasteiger partial charge is 0.328 e. The van der Waals surface area contributed by atoms with Crippen LogP contribution in [0.15, 0.2) is 60.0 Å². The standard InChI is InChI=1S/C25H30N2OS/c1-4-18-12-14-21(15-13-18)25(22-11-8-16-29-22)26-17-23(28)27-24-19(5-2)9-7-10-20(24)6-3/h7-16,25-26H,4-6,17H2,1-3H3,(H,27,28)/p+1/t25-/m0/s1. The van der Waals surface area contributed by atoms with Crippen molar-refractivity contribution >= 4 is 22.9 Å². The average Bonchev–Trinajstić information content (AvgIpc) is 3.29. The molecule has 0 aliphatic rings. The molecule has 0 bridgehead atoms. The van der Waals surface area contributed by atoms with Crippen LogP contribution in [0.5, 0.6) is 0 Å². The van der Waals surface area contributed by atoms with Crippen LogP contribution in [0.2, 0.25) is 0 Å². The van der Waals surface area contributed by atoms with Crippen molar-refractivity contribution in [1.82, 2.24) is 0 Å². The number of thiophene rings is 1. The first-order valence-corrected chi connectivity index (χ1v) is 11.4. The molecule has 29 heavy (non-hydrogen) atoms. The molecule has 3 rings (SSSR count). The maximum absolute atomic E-state index is 12.8. The van der Waals surface area contributed by atoms with Crippen molar-refractivity contribution in [2.24, 2.45) is 0 Å². The van der Waals surface area contributed by atoms with Crippen LogP contribution < -0.4 is 10.6 Å². The minimum atomic E-state index is 0.0485.